The zero-order valence-corrected chi connectivity index (χ0v) is 24.1. The van der Waals surface area contributed by atoms with Crippen LogP contribution in [0.1, 0.15) is 39.0 Å². The molecule has 0 spiro atoms. The van der Waals surface area contributed by atoms with Crippen LogP contribution in [-0.4, -0.2) is 121 Å². The molecule has 41 heavy (non-hydrogen) atoms. The van der Waals surface area contributed by atoms with Crippen LogP contribution in [0.4, 0.5) is 8.78 Å². The van der Waals surface area contributed by atoms with Gasteiger partial charge in [0.2, 0.25) is 5.91 Å². The summed E-state index contributed by atoms with van der Waals surface area (Å²) in [5.41, 5.74) is 0.458. The molecule has 228 valence electrons. The molecule has 0 saturated carbocycles. The number of likely N-dealkylation sites (tertiary alicyclic amines) is 3. The van der Waals surface area contributed by atoms with Crippen LogP contribution in [0.15, 0.2) is 23.3 Å². The Hall–Kier alpha value is -2.70. The van der Waals surface area contributed by atoms with Crippen molar-refractivity contribution in [2.45, 2.75) is 63.6 Å². The number of aliphatic carboxylic acids is 1. The van der Waals surface area contributed by atoms with Gasteiger partial charge < -0.3 is 30.9 Å². The topological polar surface area (TPSA) is 136 Å². The van der Waals surface area contributed by atoms with Crippen molar-refractivity contribution in [3.05, 3.63) is 23.3 Å². The second kappa shape index (κ2) is 14.0. The summed E-state index contributed by atoms with van der Waals surface area (Å²) in [6.45, 7) is 4.96. The number of carbonyl (C=O) groups excluding carboxylic acids is 1. The van der Waals surface area contributed by atoms with Crippen LogP contribution in [0.5, 0.6) is 0 Å². The molecule has 5 N–H and O–H groups in total. The number of piperidine rings is 3. The lowest BCUT2D eigenvalue weighted by atomic mass is 9.76. The first-order valence-corrected chi connectivity index (χ1v) is 14.8. The van der Waals surface area contributed by atoms with E-state index in [-0.39, 0.29) is 48.0 Å². The van der Waals surface area contributed by atoms with Gasteiger partial charge in [0.05, 0.1) is 12.6 Å². The fourth-order valence-corrected chi connectivity index (χ4v) is 7.03. The van der Waals surface area contributed by atoms with E-state index in [2.05, 4.69) is 10.6 Å². The van der Waals surface area contributed by atoms with Gasteiger partial charge in [-0.25, -0.2) is 8.78 Å². The van der Waals surface area contributed by atoms with Gasteiger partial charge in [-0.1, -0.05) is 12.2 Å². The number of amides is 1. The molecule has 12 heteroatoms. The highest BCUT2D eigenvalue weighted by atomic mass is 19.3. The summed E-state index contributed by atoms with van der Waals surface area (Å²) in [5.74, 6) is -1.23. The molecule has 5 unspecified atom stereocenters. The van der Waals surface area contributed by atoms with E-state index >= 15 is 0 Å². The number of carboxylic acids is 1. The summed E-state index contributed by atoms with van der Waals surface area (Å²) < 4.78 is 28.7. The molecule has 5 atom stereocenters. The standard InChI is InChI=1S/C29H45F2N7O3/c1-18(39)37-11-7-25(35-21-5-9-36(10-6-21)17-27(40)41)24(16-37)29(33)38-8-3-4-19-12-22(20(14-32)15-34-2)23(28(30)31)13-26(19)38/h12-14,19-21,24-26,28,32-35H,3-11,15-17H2,1-2H3,(H,40,41). The number of fused-ring (bicyclic) bond motifs is 1. The Kier molecular flexibility index (Phi) is 10.6. The van der Waals surface area contributed by atoms with Gasteiger partial charge in [-0.15, -0.1) is 0 Å². The molecule has 10 nitrogen and oxygen atoms in total. The molecule has 4 rings (SSSR count). The Morgan fingerprint density at radius 3 is 2.46 bits per heavy atom. The van der Waals surface area contributed by atoms with Crippen molar-refractivity contribution in [1.29, 1.82) is 10.8 Å². The first kappa shape index (κ1) is 31.2. The average Bonchev–Trinajstić information content (AvgIpc) is 2.95. The van der Waals surface area contributed by atoms with E-state index in [1.165, 1.54) is 6.21 Å². The van der Waals surface area contributed by atoms with Gasteiger partial charge in [0.15, 0.2) is 0 Å². The van der Waals surface area contributed by atoms with E-state index in [1.54, 1.807) is 24.9 Å². The van der Waals surface area contributed by atoms with Crippen molar-refractivity contribution in [3.63, 3.8) is 0 Å². The van der Waals surface area contributed by atoms with Gasteiger partial charge >= 0.3 is 5.97 Å². The fraction of sp³-hybridized carbons (Fsp3) is 0.724. The van der Waals surface area contributed by atoms with Crippen molar-refractivity contribution < 1.29 is 23.5 Å². The molecular weight excluding hydrogens is 532 g/mol. The molecule has 0 aromatic heterocycles. The van der Waals surface area contributed by atoms with Crippen LogP contribution >= 0.6 is 0 Å². The molecule has 0 aromatic carbocycles. The SMILES string of the molecule is CNCC(C=N)C1=CC2CCCN(C(=N)C3CN(C(C)=O)CCC3NC3CCN(CC(=O)O)CC3)C2C=C1C(F)F. The Balaban J connectivity index is 1.53. The van der Waals surface area contributed by atoms with Gasteiger partial charge in [0.25, 0.3) is 6.43 Å². The first-order valence-electron chi connectivity index (χ1n) is 14.8. The first-order chi connectivity index (χ1) is 19.6. The lowest BCUT2D eigenvalue weighted by molar-refractivity contribution is -0.138. The minimum Gasteiger partial charge on any atom is -0.480 e. The van der Waals surface area contributed by atoms with E-state index in [9.17, 15) is 23.8 Å². The minimum atomic E-state index is -2.68. The summed E-state index contributed by atoms with van der Waals surface area (Å²) in [5, 5.41) is 33.1. The molecular formula is C29H45F2N7O3. The Morgan fingerprint density at radius 1 is 1.12 bits per heavy atom. The molecule has 1 aliphatic carbocycles. The number of carboxylic acid groups (broad SMARTS) is 1. The molecule has 3 saturated heterocycles. The van der Waals surface area contributed by atoms with E-state index in [4.69, 9.17) is 10.5 Å². The smallest absolute Gasteiger partial charge is 0.317 e. The normalized spacial score (nSPS) is 28.5. The minimum absolute atomic E-state index is 0.0293. The van der Waals surface area contributed by atoms with E-state index < -0.39 is 18.3 Å². The van der Waals surface area contributed by atoms with Crippen LogP contribution in [-0.2, 0) is 9.59 Å². The summed E-state index contributed by atoms with van der Waals surface area (Å²) in [7, 11) is 1.75. The van der Waals surface area contributed by atoms with Crippen LogP contribution in [0, 0.1) is 28.6 Å². The number of carbonyl (C=O) groups is 2. The van der Waals surface area contributed by atoms with Crippen LogP contribution < -0.4 is 10.6 Å². The van der Waals surface area contributed by atoms with Gasteiger partial charge in [-0.05, 0) is 44.7 Å². The lowest BCUT2D eigenvalue weighted by Gasteiger charge is -2.48. The highest BCUT2D eigenvalue weighted by Gasteiger charge is 2.42. The van der Waals surface area contributed by atoms with Gasteiger partial charge in [0, 0.05) is 87.8 Å². The second-order valence-corrected chi connectivity index (χ2v) is 11.8. The maximum absolute atomic E-state index is 14.3. The van der Waals surface area contributed by atoms with Gasteiger partial charge in [0.1, 0.15) is 5.84 Å². The third-order valence-electron chi connectivity index (χ3n) is 9.19. The maximum atomic E-state index is 14.3. The number of alkyl halides is 2. The largest absolute Gasteiger partial charge is 0.480 e. The third-order valence-corrected chi connectivity index (χ3v) is 9.19. The number of amidine groups is 1. The predicted octanol–water partition coefficient (Wildman–Crippen LogP) is 2.04. The number of allylic oxidation sites excluding steroid dienone is 1. The average molecular weight is 578 g/mol. The predicted molar refractivity (Wildman–Crippen MR) is 154 cm³/mol. The molecule has 3 aliphatic heterocycles. The fourth-order valence-electron chi connectivity index (χ4n) is 7.03. The zero-order chi connectivity index (χ0) is 29.7. The summed E-state index contributed by atoms with van der Waals surface area (Å²) >= 11 is 0. The Labute approximate surface area is 241 Å². The number of nitrogens with one attached hydrogen (secondary N) is 4. The second-order valence-electron chi connectivity index (χ2n) is 11.8. The maximum Gasteiger partial charge on any atom is 0.317 e. The van der Waals surface area contributed by atoms with Crippen molar-refractivity contribution in [3.8, 4) is 0 Å². The molecule has 0 radical (unpaired) electrons. The molecule has 0 bridgehead atoms. The van der Waals surface area contributed by atoms with Crippen molar-refractivity contribution in [1.82, 2.24) is 25.3 Å². The lowest BCUT2D eigenvalue weighted by Crippen LogP contribution is -2.60. The molecule has 0 aromatic rings. The highest BCUT2D eigenvalue weighted by molar-refractivity contribution is 5.85. The molecule has 1 amide bonds. The number of hydrogen-bond acceptors (Lipinski definition) is 7. The van der Waals surface area contributed by atoms with E-state index in [0.29, 0.717) is 57.1 Å². The van der Waals surface area contributed by atoms with Crippen LogP contribution in [0.25, 0.3) is 0 Å². The van der Waals surface area contributed by atoms with Crippen molar-refractivity contribution >= 4 is 23.9 Å². The zero-order valence-electron chi connectivity index (χ0n) is 24.1. The molecule has 3 fully saturated rings. The van der Waals surface area contributed by atoms with Crippen molar-refractivity contribution in [2.24, 2.45) is 17.8 Å². The monoisotopic (exact) mass is 577 g/mol. The number of rotatable bonds is 10. The summed E-state index contributed by atoms with van der Waals surface area (Å²) in [6, 6.07) is -0.215. The van der Waals surface area contributed by atoms with Gasteiger partial charge in [-0.3, -0.25) is 19.9 Å². The van der Waals surface area contributed by atoms with Crippen LogP contribution in [0.2, 0.25) is 0 Å². The van der Waals surface area contributed by atoms with Gasteiger partial charge in [-0.2, -0.15) is 0 Å². The molecule has 3 heterocycles. The Bertz CT molecular complexity index is 1040. The molecule has 4 aliphatic rings. The Morgan fingerprint density at radius 2 is 1.85 bits per heavy atom. The van der Waals surface area contributed by atoms with E-state index in [0.717, 1.165) is 25.7 Å². The highest BCUT2D eigenvalue weighted by Crippen LogP contribution is 2.39. The quantitative estimate of drug-likeness (QED) is 0.198. The number of halogens is 2. The summed E-state index contributed by atoms with van der Waals surface area (Å²) in [4.78, 5) is 29.1. The van der Waals surface area contributed by atoms with Crippen LogP contribution in [0.3, 0.4) is 0 Å². The number of hydrogen-bond donors (Lipinski definition) is 5. The number of nitrogens with zero attached hydrogens (tertiary/aromatic N) is 3. The van der Waals surface area contributed by atoms with E-state index in [1.807, 2.05) is 15.9 Å². The third kappa shape index (κ3) is 7.39. The van der Waals surface area contributed by atoms with Crippen molar-refractivity contribution in [2.75, 3.05) is 52.9 Å². The summed E-state index contributed by atoms with van der Waals surface area (Å²) in [6.07, 6.45) is 6.07.